The molecule has 0 saturated carbocycles. The van der Waals surface area contributed by atoms with Crippen LogP contribution in [0.4, 0.5) is 17.1 Å². The number of para-hydroxylation sites is 1. The summed E-state index contributed by atoms with van der Waals surface area (Å²) >= 11 is 0. The normalized spacial score (nSPS) is 15.1. The van der Waals surface area contributed by atoms with Crippen molar-refractivity contribution in [3.05, 3.63) is 300 Å². The molecule has 3 nitrogen and oxygen atoms in total. The van der Waals surface area contributed by atoms with Crippen LogP contribution in [0.2, 0.25) is 0 Å². The Morgan fingerprint density at radius 3 is 1.51 bits per heavy atom. The fraction of sp³-hybridized carbons (Fsp3) is 0.0299. The Morgan fingerprint density at radius 2 is 0.857 bits per heavy atom. The van der Waals surface area contributed by atoms with Gasteiger partial charge in [-0.25, -0.2) is 0 Å². The molecule has 0 radical (unpaired) electrons. The molecule has 1 atom stereocenters. The predicted molar refractivity (Wildman–Crippen MR) is 291 cm³/mol. The lowest BCUT2D eigenvalue weighted by Gasteiger charge is -2.45. The second kappa shape index (κ2) is 16.0. The molecule has 70 heavy (non-hydrogen) atoms. The van der Waals surface area contributed by atoms with Crippen molar-refractivity contribution >= 4 is 50.1 Å². The highest BCUT2D eigenvalue weighted by Crippen LogP contribution is 2.64. The molecule has 0 aromatic heterocycles. The van der Waals surface area contributed by atoms with Gasteiger partial charge in [0.05, 0.1) is 22.8 Å². The summed E-state index contributed by atoms with van der Waals surface area (Å²) in [7, 11) is 0. The summed E-state index contributed by atoms with van der Waals surface area (Å²) in [6.45, 7) is 0. The third-order valence-corrected chi connectivity index (χ3v) is 14.8. The van der Waals surface area contributed by atoms with Crippen molar-refractivity contribution < 1.29 is 0 Å². The van der Waals surface area contributed by atoms with Crippen molar-refractivity contribution in [3.8, 4) is 33.4 Å². The van der Waals surface area contributed by atoms with E-state index in [1.807, 2.05) is 6.07 Å². The maximum Gasteiger partial charge on any atom is 0.133 e. The quantitative estimate of drug-likeness (QED) is 0.180. The zero-order valence-corrected chi connectivity index (χ0v) is 38.3. The predicted octanol–water partition coefficient (Wildman–Crippen LogP) is 16.6. The lowest BCUT2D eigenvalue weighted by Crippen LogP contribution is -2.36. The van der Waals surface area contributed by atoms with Gasteiger partial charge in [0, 0.05) is 16.9 Å². The van der Waals surface area contributed by atoms with E-state index in [1.54, 1.807) is 0 Å². The minimum Gasteiger partial charge on any atom is -0.340 e. The van der Waals surface area contributed by atoms with E-state index in [2.05, 4.69) is 265 Å². The standard InChI is InChI=1S/C67H45N3/c1-4-17-46(18-5-1)62-43-63(69-66(68-62)47-19-6-2-7-20-47)54-26-16-25-48(37-54)44-31-33-45(34-32-44)53-35-36-59-57(38-53)56-29-14-15-30-58(56)67(59)60-39-49-21-10-12-23-51(49)41-64(60)70(55-27-8-3-9-28-55)65-42-52-24-13-11-22-50(52)40-61(65)67/h1-43,62H,(H,68,69). The number of nitrogens with one attached hydrogen (secondary N) is 1. The highest BCUT2D eigenvalue weighted by atomic mass is 15.2. The molecule has 0 amide bonds. The fourth-order valence-corrected chi connectivity index (χ4v) is 11.6. The first-order valence-electron chi connectivity index (χ1n) is 24.2. The van der Waals surface area contributed by atoms with E-state index < -0.39 is 5.41 Å². The SMILES string of the molecule is C1=C(c2cccc(-c3ccc(-c4ccc5c(c4)-c4ccccc4C54c5cc6ccccc6cc5N(c5ccccc5)c5cc6ccccc6cc54)cc3)c2)NC(c2ccccc2)=NC1c1ccccc1. The molecule has 1 aliphatic carbocycles. The Hall–Kier alpha value is -9.05. The van der Waals surface area contributed by atoms with Gasteiger partial charge in [0.15, 0.2) is 0 Å². The molecule has 3 aliphatic rings. The Bertz CT molecular complexity index is 3820. The second-order valence-electron chi connectivity index (χ2n) is 18.7. The van der Waals surface area contributed by atoms with E-state index in [9.17, 15) is 0 Å². The number of nitrogens with zero attached hydrogens (tertiary/aromatic N) is 2. The first-order chi connectivity index (χ1) is 34.7. The average Bonchev–Trinajstić information content (AvgIpc) is 3.73. The number of aliphatic imine (C=N–C) groups is 1. The van der Waals surface area contributed by atoms with Gasteiger partial charge in [-0.15, -0.1) is 0 Å². The molecular formula is C67H45N3. The molecule has 1 N–H and O–H groups in total. The van der Waals surface area contributed by atoms with Crippen LogP contribution >= 0.6 is 0 Å². The van der Waals surface area contributed by atoms with Gasteiger partial charge in [-0.3, -0.25) is 4.99 Å². The number of hydrogen-bond acceptors (Lipinski definition) is 3. The van der Waals surface area contributed by atoms with Crippen LogP contribution < -0.4 is 10.2 Å². The molecule has 0 fully saturated rings. The van der Waals surface area contributed by atoms with Crippen LogP contribution in [0.25, 0.3) is 60.6 Å². The van der Waals surface area contributed by atoms with E-state index in [4.69, 9.17) is 4.99 Å². The highest BCUT2D eigenvalue weighted by molar-refractivity contribution is 6.06. The van der Waals surface area contributed by atoms with E-state index in [0.717, 1.165) is 39.5 Å². The lowest BCUT2D eigenvalue weighted by molar-refractivity contribution is 0.756. The maximum absolute atomic E-state index is 5.16. The average molecular weight is 892 g/mol. The Labute approximate surface area is 408 Å². The maximum atomic E-state index is 5.16. The Kier molecular flexibility index (Phi) is 9.18. The molecule has 2 heterocycles. The monoisotopic (exact) mass is 891 g/mol. The zero-order chi connectivity index (χ0) is 46.2. The molecule has 14 rings (SSSR count). The molecule has 3 heteroatoms. The van der Waals surface area contributed by atoms with E-state index in [-0.39, 0.29) is 6.04 Å². The van der Waals surface area contributed by atoms with Crippen LogP contribution in [0, 0.1) is 0 Å². The molecule has 2 aliphatic heterocycles. The summed E-state index contributed by atoms with van der Waals surface area (Å²) in [5.74, 6) is 0.873. The highest BCUT2D eigenvalue weighted by Gasteiger charge is 2.52. The van der Waals surface area contributed by atoms with Crippen molar-refractivity contribution in [2.45, 2.75) is 11.5 Å². The van der Waals surface area contributed by atoms with Crippen molar-refractivity contribution in [1.82, 2.24) is 5.32 Å². The molecule has 1 unspecified atom stereocenters. The Morgan fingerprint density at radius 1 is 0.357 bits per heavy atom. The number of rotatable bonds is 6. The van der Waals surface area contributed by atoms with Crippen LogP contribution in [-0.2, 0) is 5.41 Å². The summed E-state index contributed by atoms with van der Waals surface area (Å²) in [5, 5.41) is 8.61. The van der Waals surface area contributed by atoms with Crippen molar-refractivity contribution in [2.75, 3.05) is 4.90 Å². The van der Waals surface area contributed by atoms with Crippen LogP contribution in [0.5, 0.6) is 0 Å². The molecule has 328 valence electrons. The van der Waals surface area contributed by atoms with Gasteiger partial charge in [0.1, 0.15) is 5.84 Å². The number of anilines is 3. The van der Waals surface area contributed by atoms with E-state index >= 15 is 0 Å². The topological polar surface area (TPSA) is 27.6 Å². The van der Waals surface area contributed by atoms with Gasteiger partial charge < -0.3 is 10.2 Å². The number of hydrogen-bond donors (Lipinski definition) is 1. The third kappa shape index (κ3) is 6.32. The molecule has 11 aromatic carbocycles. The van der Waals surface area contributed by atoms with E-state index in [0.29, 0.717) is 0 Å². The fourth-order valence-electron chi connectivity index (χ4n) is 11.6. The van der Waals surface area contributed by atoms with E-state index in [1.165, 1.54) is 83.0 Å². The number of benzene rings is 11. The summed E-state index contributed by atoms with van der Waals surface area (Å²) in [5.41, 5.74) is 19.9. The minimum absolute atomic E-state index is 0.101. The smallest absolute Gasteiger partial charge is 0.133 e. The zero-order valence-electron chi connectivity index (χ0n) is 38.3. The van der Waals surface area contributed by atoms with Crippen molar-refractivity contribution in [1.29, 1.82) is 0 Å². The largest absolute Gasteiger partial charge is 0.340 e. The lowest BCUT2D eigenvalue weighted by atomic mass is 9.64. The summed E-state index contributed by atoms with van der Waals surface area (Å²) in [6, 6.07) is 93.5. The van der Waals surface area contributed by atoms with Gasteiger partial charge >= 0.3 is 0 Å². The van der Waals surface area contributed by atoms with Crippen LogP contribution in [-0.4, -0.2) is 5.84 Å². The molecular weight excluding hydrogens is 847 g/mol. The van der Waals surface area contributed by atoms with Crippen molar-refractivity contribution in [2.24, 2.45) is 4.99 Å². The van der Waals surface area contributed by atoms with Gasteiger partial charge in [-0.1, -0.05) is 206 Å². The number of fused-ring (bicyclic) bond motifs is 11. The minimum atomic E-state index is -0.569. The van der Waals surface area contributed by atoms with Gasteiger partial charge in [-0.2, -0.15) is 0 Å². The van der Waals surface area contributed by atoms with Crippen LogP contribution in [0.3, 0.4) is 0 Å². The molecule has 0 bridgehead atoms. The van der Waals surface area contributed by atoms with Crippen LogP contribution in [0.15, 0.2) is 266 Å². The van der Waals surface area contributed by atoms with Gasteiger partial charge in [-0.05, 0) is 143 Å². The first-order valence-corrected chi connectivity index (χ1v) is 24.2. The first kappa shape index (κ1) is 40.1. The summed E-state index contributed by atoms with van der Waals surface area (Å²) in [6.07, 6.45) is 2.24. The molecule has 11 aromatic rings. The molecule has 0 saturated heterocycles. The third-order valence-electron chi connectivity index (χ3n) is 14.8. The van der Waals surface area contributed by atoms with Crippen LogP contribution in [0.1, 0.15) is 45.0 Å². The number of amidine groups is 1. The van der Waals surface area contributed by atoms with Crippen molar-refractivity contribution in [3.63, 3.8) is 0 Å². The second-order valence-corrected chi connectivity index (χ2v) is 18.7. The summed E-state index contributed by atoms with van der Waals surface area (Å²) in [4.78, 5) is 7.66. The Balaban J connectivity index is 0.880. The van der Waals surface area contributed by atoms with Gasteiger partial charge in [0.2, 0.25) is 0 Å². The van der Waals surface area contributed by atoms with Gasteiger partial charge in [0.25, 0.3) is 0 Å². The summed E-state index contributed by atoms with van der Waals surface area (Å²) < 4.78 is 0. The molecule has 1 spiro atoms.